The number of hydrogen-bond acceptors (Lipinski definition) is 0. The Balaban J connectivity index is 0. The monoisotopic (exact) mass is 578 g/mol. The lowest BCUT2D eigenvalue weighted by molar-refractivity contribution is 0.626. The average Bonchev–Trinajstić information content (AvgIpc) is 2.95. The van der Waals surface area contributed by atoms with Crippen LogP contribution in [0.15, 0.2) is 88.0 Å². The van der Waals surface area contributed by atoms with Crippen LogP contribution in [0.25, 0.3) is 0 Å². The van der Waals surface area contributed by atoms with Crippen molar-refractivity contribution < 1.29 is 0 Å². The zero-order chi connectivity index (χ0) is 29.5. The minimum atomic E-state index is 0.408. The molecule has 0 spiro atoms. The molecule has 2 aromatic rings. The number of rotatable bonds is 7. The summed E-state index contributed by atoms with van der Waals surface area (Å²) in [4.78, 5) is 0. The van der Waals surface area contributed by atoms with E-state index in [1.54, 1.807) is 0 Å². The van der Waals surface area contributed by atoms with Crippen LogP contribution < -0.4 is 0 Å². The smallest absolute Gasteiger partial charge is 0.0283 e. The fourth-order valence-electron chi connectivity index (χ4n) is 3.26. The van der Waals surface area contributed by atoms with E-state index < -0.39 is 0 Å². The molecule has 1 unspecified atom stereocenters. The molecule has 210 valence electrons. The molecule has 0 aromatic heterocycles. The normalized spacial score (nSPS) is 12.3. The van der Waals surface area contributed by atoms with E-state index in [2.05, 4.69) is 132 Å². The van der Waals surface area contributed by atoms with Gasteiger partial charge in [-0.05, 0) is 80.9 Å². The molecule has 0 radical (unpaired) electrons. The molecule has 0 nitrogen and oxygen atoms in total. The van der Waals surface area contributed by atoms with Gasteiger partial charge < -0.3 is 0 Å². The van der Waals surface area contributed by atoms with Gasteiger partial charge in [0, 0.05) is 15.6 Å². The average molecular weight is 580 g/mol. The van der Waals surface area contributed by atoms with Crippen LogP contribution >= 0.6 is 15.9 Å². The Hall–Kier alpha value is -2.30. The van der Waals surface area contributed by atoms with Gasteiger partial charge in [-0.1, -0.05) is 150 Å². The van der Waals surface area contributed by atoms with E-state index in [1.807, 2.05) is 45.9 Å². The van der Waals surface area contributed by atoms with Gasteiger partial charge >= 0.3 is 0 Å². The van der Waals surface area contributed by atoms with E-state index in [-0.39, 0.29) is 0 Å². The molecule has 38 heavy (non-hydrogen) atoms. The summed E-state index contributed by atoms with van der Waals surface area (Å²) in [7, 11) is 0. The van der Waals surface area contributed by atoms with Crippen LogP contribution in [0.4, 0.5) is 0 Å². The second kappa shape index (κ2) is 23.8. The molecule has 2 rings (SSSR count). The van der Waals surface area contributed by atoms with Crippen LogP contribution in [0.2, 0.25) is 0 Å². The van der Waals surface area contributed by atoms with Crippen molar-refractivity contribution in [3.05, 3.63) is 105 Å². The molecule has 0 saturated carbocycles. The standard InChI is InChI=1S/C28H31Br.C5H12.2C2H6/c1-6-12-21(2)28(29)20-23(4)22(3)19-24(5)27-16-11-10-15-26(27)18-17-25-13-8-7-9-14-25;1-4-5(2)3;2*1-2/h7-16,20,24H,6,19H2,1-5H3;5H,4H2,1-3H3;2*1-2H3/b21-12+,23-22-,28-20+;;;. The number of halogens is 1. The van der Waals surface area contributed by atoms with Gasteiger partial charge in [-0.2, -0.15) is 0 Å². The first-order chi connectivity index (χ1) is 18.2. The summed E-state index contributed by atoms with van der Waals surface area (Å²) in [6.07, 6.45) is 7.86. The van der Waals surface area contributed by atoms with E-state index in [9.17, 15) is 0 Å². The van der Waals surface area contributed by atoms with Crippen molar-refractivity contribution in [2.24, 2.45) is 5.92 Å². The van der Waals surface area contributed by atoms with Gasteiger partial charge in [0.2, 0.25) is 0 Å². The van der Waals surface area contributed by atoms with Crippen LogP contribution in [0.3, 0.4) is 0 Å². The molecule has 0 aliphatic rings. The highest BCUT2D eigenvalue weighted by atomic mass is 79.9. The van der Waals surface area contributed by atoms with Gasteiger partial charge in [0.15, 0.2) is 0 Å². The van der Waals surface area contributed by atoms with Gasteiger partial charge in [0.25, 0.3) is 0 Å². The highest BCUT2D eigenvalue weighted by molar-refractivity contribution is 9.12. The minimum absolute atomic E-state index is 0.408. The SMILES string of the molecule is CC.CC.CC/C=C(C)/C(Br)=C\C(C)=C(\C)CC(C)c1ccccc1C#Cc1ccccc1.CCC(C)C. The molecule has 0 N–H and O–H groups in total. The quantitative estimate of drug-likeness (QED) is 0.226. The first-order valence-electron chi connectivity index (χ1n) is 14.6. The largest absolute Gasteiger partial charge is 0.0807 e. The molecular weight excluding hydrogens is 524 g/mol. The Kier molecular flexibility index (Phi) is 23.7. The Bertz CT molecular complexity index is 1020. The topological polar surface area (TPSA) is 0 Å². The number of allylic oxidation sites excluding steroid dienone is 6. The second-order valence-corrected chi connectivity index (χ2v) is 10.2. The lowest BCUT2D eigenvalue weighted by Crippen LogP contribution is -1.99. The van der Waals surface area contributed by atoms with Crippen molar-refractivity contribution in [3.63, 3.8) is 0 Å². The summed E-state index contributed by atoms with van der Waals surface area (Å²) in [5.74, 6) is 7.97. The van der Waals surface area contributed by atoms with E-state index in [1.165, 1.54) is 28.7 Å². The maximum atomic E-state index is 3.72. The van der Waals surface area contributed by atoms with Gasteiger partial charge in [-0.3, -0.25) is 0 Å². The van der Waals surface area contributed by atoms with Crippen molar-refractivity contribution in [2.45, 2.75) is 108 Å². The second-order valence-electron chi connectivity index (χ2n) is 9.36. The van der Waals surface area contributed by atoms with E-state index in [0.29, 0.717) is 5.92 Å². The highest BCUT2D eigenvalue weighted by Crippen LogP contribution is 2.28. The van der Waals surface area contributed by atoms with Crippen LogP contribution in [0.1, 0.15) is 125 Å². The Morgan fingerprint density at radius 2 is 1.34 bits per heavy atom. The maximum absolute atomic E-state index is 3.72. The highest BCUT2D eigenvalue weighted by Gasteiger charge is 2.11. The third-order valence-corrected chi connectivity index (χ3v) is 6.79. The summed E-state index contributed by atoms with van der Waals surface area (Å²) in [5, 5.41) is 0. The zero-order valence-corrected chi connectivity index (χ0v) is 28.1. The van der Waals surface area contributed by atoms with Gasteiger partial charge in [0.05, 0.1) is 0 Å². The van der Waals surface area contributed by atoms with E-state index in [4.69, 9.17) is 0 Å². The molecule has 2 aromatic carbocycles. The molecular formula is C37H55Br. The summed E-state index contributed by atoms with van der Waals surface area (Å²) in [6.45, 7) is 25.7. The van der Waals surface area contributed by atoms with Gasteiger partial charge in [-0.15, -0.1) is 0 Å². The van der Waals surface area contributed by atoms with Crippen LogP contribution in [-0.4, -0.2) is 0 Å². The Morgan fingerprint density at radius 3 is 1.87 bits per heavy atom. The fraction of sp³-hybridized carbons (Fsp3) is 0.459. The number of hydrogen-bond donors (Lipinski definition) is 0. The van der Waals surface area contributed by atoms with Crippen molar-refractivity contribution in [1.82, 2.24) is 0 Å². The lowest BCUT2D eigenvalue weighted by atomic mass is 9.89. The third kappa shape index (κ3) is 16.5. The molecule has 0 aliphatic heterocycles. The maximum Gasteiger partial charge on any atom is 0.0283 e. The molecule has 1 atom stereocenters. The predicted molar refractivity (Wildman–Crippen MR) is 179 cm³/mol. The van der Waals surface area contributed by atoms with Gasteiger partial charge in [-0.25, -0.2) is 0 Å². The summed E-state index contributed by atoms with van der Waals surface area (Å²) in [5.41, 5.74) is 7.49. The summed E-state index contributed by atoms with van der Waals surface area (Å²) < 4.78 is 1.16. The van der Waals surface area contributed by atoms with Crippen molar-refractivity contribution >= 4 is 15.9 Å². The number of benzene rings is 2. The predicted octanol–water partition coefficient (Wildman–Crippen LogP) is 12.7. The van der Waals surface area contributed by atoms with E-state index >= 15 is 0 Å². The molecule has 0 saturated heterocycles. The zero-order valence-electron chi connectivity index (χ0n) is 26.5. The molecule has 0 heterocycles. The third-order valence-electron chi connectivity index (χ3n) is 5.94. The Morgan fingerprint density at radius 1 is 0.816 bits per heavy atom. The minimum Gasteiger partial charge on any atom is -0.0807 e. The molecule has 0 bridgehead atoms. The molecule has 0 fully saturated rings. The first kappa shape index (κ1) is 37.9. The molecule has 1 heteroatoms. The summed E-state index contributed by atoms with van der Waals surface area (Å²) in [6, 6.07) is 18.7. The van der Waals surface area contributed by atoms with Crippen molar-refractivity contribution in [3.8, 4) is 11.8 Å². The van der Waals surface area contributed by atoms with Crippen LogP contribution in [-0.2, 0) is 0 Å². The van der Waals surface area contributed by atoms with Crippen LogP contribution in [0.5, 0.6) is 0 Å². The van der Waals surface area contributed by atoms with E-state index in [0.717, 1.165) is 34.4 Å². The van der Waals surface area contributed by atoms with Gasteiger partial charge in [0.1, 0.15) is 0 Å². The molecule has 0 amide bonds. The lowest BCUT2D eigenvalue weighted by Gasteiger charge is -2.16. The summed E-state index contributed by atoms with van der Waals surface area (Å²) >= 11 is 3.72. The fourth-order valence-corrected chi connectivity index (χ4v) is 3.77. The van der Waals surface area contributed by atoms with Crippen molar-refractivity contribution in [1.29, 1.82) is 0 Å². The van der Waals surface area contributed by atoms with Crippen molar-refractivity contribution in [2.75, 3.05) is 0 Å². The molecule has 0 aliphatic carbocycles. The van der Waals surface area contributed by atoms with Crippen LogP contribution in [0, 0.1) is 17.8 Å². The first-order valence-corrected chi connectivity index (χ1v) is 15.3. The Labute approximate surface area is 245 Å².